The zero-order chi connectivity index (χ0) is 11.3. The van der Waals surface area contributed by atoms with Crippen molar-refractivity contribution in [3.8, 4) is 5.75 Å². The topological polar surface area (TPSA) is 47.3 Å². The Morgan fingerprint density at radius 3 is 2.73 bits per heavy atom. The molecule has 15 heavy (non-hydrogen) atoms. The van der Waals surface area contributed by atoms with Crippen LogP contribution in [0.2, 0.25) is 0 Å². The van der Waals surface area contributed by atoms with Crippen molar-refractivity contribution in [2.75, 3.05) is 18.2 Å². The van der Waals surface area contributed by atoms with Gasteiger partial charge in [0.05, 0.1) is 7.11 Å². The minimum absolute atomic E-state index is 0.460. The first kappa shape index (κ1) is 11.7. The fraction of sp³-hybridized carbons (Fsp3) is 0.500. The molecule has 0 aliphatic rings. The van der Waals surface area contributed by atoms with E-state index < -0.39 is 0 Å². The lowest BCUT2D eigenvalue weighted by molar-refractivity contribution is 0.415. The van der Waals surface area contributed by atoms with Crippen LogP contribution < -0.4 is 15.8 Å². The molecule has 0 radical (unpaired) electrons. The summed E-state index contributed by atoms with van der Waals surface area (Å²) in [7, 11) is 1.65. The summed E-state index contributed by atoms with van der Waals surface area (Å²) in [5.41, 5.74) is 7.51. The highest BCUT2D eigenvalue weighted by Crippen LogP contribution is 2.23. The maximum Gasteiger partial charge on any atom is 0.122 e. The summed E-state index contributed by atoms with van der Waals surface area (Å²) in [4.78, 5) is 0. The fourth-order valence-electron chi connectivity index (χ4n) is 1.61. The number of methoxy groups -OCH3 is 1. The average molecular weight is 208 g/mol. The molecule has 0 saturated heterocycles. The molecule has 1 unspecified atom stereocenters. The van der Waals surface area contributed by atoms with Crippen LogP contribution in [0.4, 0.5) is 11.4 Å². The number of nitrogen functional groups attached to an aromatic ring is 1. The molecule has 1 rings (SSSR count). The van der Waals surface area contributed by atoms with Gasteiger partial charge in [0.2, 0.25) is 0 Å². The zero-order valence-corrected chi connectivity index (χ0v) is 9.71. The summed E-state index contributed by atoms with van der Waals surface area (Å²) < 4.78 is 5.16. The van der Waals surface area contributed by atoms with E-state index in [1.165, 1.54) is 6.42 Å². The van der Waals surface area contributed by atoms with Gasteiger partial charge < -0.3 is 15.8 Å². The molecule has 1 aromatic carbocycles. The quantitative estimate of drug-likeness (QED) is 0.731. The van der Waals surface area contributed by atoms with E-state index in [2.05, 4.69) is 19.2 Å². The van der Waals surface area contributed by atoms with Gasteiger partial charge in [-0.05, 0) is 19.4 Å². The Kier molecular flexibility index (Phi) is 4.28. The van der Waals surface area contributed by atoms with Gasteiger partial charge in [0.1, 0.15) is 5.75 Å². The molecule has 3 N–H and O–H groups in total. The molecule has 1 aromatic rings. The normalized spacial score (nSPS) is 12.2. The number of hydrogen-bond acceptors (Lipinski definition) is 3. The summed E-state index contributed by atoms with van der Waals surface area (Å²) in [5.74, 6) is 0.793. The highest BCUT2D eigenvalue weighted by atomic mass is 16.5. The molecule has 0 heterocycles. The molecule has 0 spiro atoms. The molecule has 1 atom stereocenters. The number of rotatable bonds is 5. The third kappa shape index (κ3) is 3.70. The molecule has 0 amide bonds. The zero-order valence-electron chi connectivity index (χ0n) is 9.71. The van der Waals surface area contributed by atoms with Crippen LogP contribution in [0.3, 0.4) is 0 Å². The van der Waals surface area contributed by atoms with Crippen LogP contribution >= 0.6 is 0 Å². The molecule has 0 aromatic heterocycles. The molecule has 3 nitrogen and oxygen atoms in total. The van der Waals surface area contributed by atoms with Gasteiger partial charge in [-0.2, -0.15) is 0 Å². The molecule has 0 bridgehead atoms. The monoisotopic (exact) mass is 208 g/mol. The van der Waals surface area contributed by atoms with E-state index in [-0.39, 0.29) is 0 Å². The van der Waals surface area contributed by atoms with Crippen LogP contribution in [0, 0.1) is 0 Å². The number of anilines is 2. The number of hydrogen-bond donors (Lipinski definition) is 2. The van der Waals surface area contributed by atoms with Crippen LogP contribution in [-0.4, -0.2) is 13.2 Å². The molecular weight excluding hydrogens is 188 g/mol. The van der Waals surface area contributed by atoms with Crippen molar-refractivity contribution in [3.63, 3.8) is 0 Å². The molecule has 3 heteroatoms. The van der Waals surface area contributed by atoms with Crippen molar-refractivity contribution in [2.24, 2.45) is 0 Å². The second-order valence-corrected chi connectivity index (χ2v) is 3.83. The van der Waals surface area contributed by atoms with E-state index in [0.29, 0.717) is 6.04 Å². The summed E-state index contributed by atoms with van der Waals surface area (Å²) >= 11 is 0. The third-order valence-corrected chi connectivity index (χ3v) is 2.30. The Balaban J connectivity index is 2.71. The van der Waals surface area contributed by atoms with E-state index in [4.69, 9.17) is 10.5 Å². The second kappa shape index (κ2) is 5.49. The number of benzene rings is 1. The molecule has 0 saturated carbocycles. The summed E-state index contributed by atoms with van der Waals surface area (Å²) in [6.45, 7) is 4.34. The molecule has 0 aliphatic heterocycles. The Bertz CT molecular complexity index is 312. The summed E-state index contributed by atoms with van der Waals surface area (Å²) in [6.07, 6.45) is 2.32. The molecular formula is C12H20N2O. The van der Waals surface area contributed by atoms with E-state index in [1.807, 2.05) is 18.2 Å². The van der Waals surface area contributed by atoms with Crippen molar-refractivity contribution in [1.82, 2.24) is 0 Å². The Morgan fingerprint density at radius 1 is 1.40 bits per heavy atom. The summed E-state index contributed by atoms with van der Waals surface area (Å²) in [5, 5.41) is 3.40. The van der Waals surface area contributed by atoms with Crippen molar-refractivity contribution in [1.29, 1.82) is 0 Å². The first-order chi connectivity index (χ1) is 7.15. The highest BCUT2D eigenvalue weighted by Gasteiger charge is 2.03. The maximum atomic E-state index is 5.76. The minimum atomic E-state index is 0.460. The van der Waals surface area contributed by atoms with E-state index >= 15 is 0 Å². The SMILES string of the molecule is CCCC(C)Nc1cc(N)cc(OC)c1. The van der Waals surface area contributed by atoms with E-state index in [9.17, 15) is 0 Å². The highest BCUT2D eigenvalue weighted by molar-refractivity contribution is 5.59. The fourth-order valence-corrected chi connectivity index (χ4v) is 1.61. The van der Waals surface area contributed by atoms with Crippen LogP contribution in [0.5, 0.6) is 5.75 Å². The van der Waals surface area contributed by atoms with Gasteiger partial charge in [-0.3, -0.25) is 0 Å². The smallest absolute Gasteiger partial charge is 0.122 e. The van der Waals surface area contributed by atoms with Gasteiger partial charge in [0, 0.05) is 29.5 Å². The third-order valence-electron chi connectivity index (χ3n) is 2.30. The Morgan fingerprint density at radius 2 is 2.13 bits per heavy atom. The van der Waals surface area contributed by atoms with Gasteiger partial charge in [-0.1, -0.05) is 13.3 Å². The van der Waals surface area contributed by atoms with Crippen LogP contribution in [-0.2, 0) is 0 Å². The molecule has 0 fully saturated rings. The van der Waals surface area contributed by atoms with Gasteiger partial charge in [-0.15, -0.1) is 0 Å². The van der Waals surface area contributed by atoms with E-state index in [1.54, 1.807) is 7.11 Å². The Hall–Kier alpha value is -1.38. The molecule has 0 aliphatic carbocycles. The molecule has 84 valence electrons. The standard InChI is InChI=1S/C12H20N2O/c1-4-5-9(2)14-11-6-10(13)7-12(8-11)15-3/h6-9,14H,4-5,13H2,1-3H3. The number of ether oxygens (including phenoxy) is 1. The predicted molar refractivity (Wildman–Crippen MR) is 65.4 cm³/mol. The minimum Gasteiger partial charge on any atom is -0.497 e. The van der Waals surface area contributed by atoms with Gasteiger partial charge >= 0.3 is 0 Å². The van der Waals surface area contributed by atoms with Crippen LogP contribution in [0.15, 0.2) is 18.2 Å². The largest absolute Gasteiger partial charge is 0.497 e. The first-order valence-corrected chi connectivity index (χ1v) is 5.36. The second-order valence-electron chi connectivity index (χ2n) is 3.83. The lowest BCUT2D eigenvalue weighted by Crippen LogP contribution is -2.14. The number of nitrogens with two attached hydrogens (primary N) is 1. The van der Waals surface area contributed by atoms with E-state index in [0.717, 1.165) is 23.5 Å². The van der Waals surface area contributed by atoms with Crippen molar-refractivity contribution in [3.05, 3.63) is 18.2 Å². The summed E-state index contributed by atoms with van der Waals surface area (Å²) in [6, 6.07) is 6.16. The van der Waals surface area contributed by atoms with Crippen LogP contribution in [0.1, 0.15) is 26.7 Å². The predicted octanol–water partition coefficient (Wildman–Crippen LogP) is 2.88. The lowest BCUT2D eigenvalue weighted by atomic mass is 10.2. The average Bonchev–Trinajstić information content (AvgIpc) is 2.17. The number of nitrogens with one attached hydrogen (secondary N) is 1. The van der Waals surface area contributed by atoms with Crippen molar-refractivity contribution < 1.29 is 4.74 Å². The van der Waals surface area contributed by atoms with Gasteiger partial charge in [-0.25, -0.2) is 0 Å². The van der Waals surface area contributed by atoms with Crippen molar-refractivity contribution >= 4 is 11.4 Å². The van der Waals surface area contributed by atoms with Crippen molar-refractivity contribution in [2.45, 2.75) is 32.7 Å². The van der Waals surface area contributed by atoms with Gasteiger partial charge in [0.25, 0.3) is 0 Å². The van der Waals surface area contributed by atoms with Gasteiger partial charge in [0.15, 0.2) is 0 Å². The maximum absolute atomic E-state index is 5.76. The first-order valence-electron chi connectivity index (χ1n) is 5.36. The Labute approximate surface area is 91.6 Å². The lowest BCUT2D eigenvalue weighted by Gasteiger charge is -2.15. The van der Waals surface area contributed by atoms with Crippen LogP contribution in [0.25, 0.3) is 0 Å².